The van der Waals surface area contributed by atoms with E-state index < -0.39 is 14.8 Å². The van der Waals surface area contributed by atoms with Gasteiger partial charge >= 0.3 is 0 Å². The highest BCUT2D eigenvalue weighted by Crippen LogP contribution is 2.03. The molecule has 2 atom stereocenters. The first-order chi connectivity index (χ1) is 3.80. The molecule has 0 aromatic rings. The minimum atomic E-state index is -0.938. The first-order valence-electron chi connectivity index (χ1n) is 2.66. The standard InChI is InChI=1S/CH8Cl2OSi4/c2-7-1-4-5-6-8(7)3/h7-8H,1,5-6H2. The molecular formula is CH8Cl2OSi4. The minimum absolute atomic E-state index is 0.0518. The van der Waals surface area contributed by atoms with Crippen molar-refractivity contribution in [1.29, 1.82) is 0 Å². The highest BCUT2D eigenvalue weighted by molar-refractivity contribution is 7.76. The highest BCUT2D eigenvalue weighted by atomic mass is 35.6. The van der Waals surface area contributed by atoms with Crippen LogP contribution in [0.15, 0.2) is 0 Å². The molecule has 0 saturated carbocycles. The molecule has 48 valence electrons. The summed E-state index contributed by atoms with van der Waals surface area (Å²) in [7, 11) is -1.59. The second-order valence-electron chi connectivity index (χ2n) is 1.90. The van der Waals surface area contributed by atoms with Gasteiger partial charge in [0.05, 0.1) is 0 Å². The molecule has 8 heavy (non-hydrogen) atoms. The predicted octanol–water partition coefficient (Wildman–Crippen LogP) is -1.78. The Bertz CT molecular complexity index is 70.4. The quantitative estimate of drug-likeness (QED) is 0.346. The molecule has 1 fully saturated rings. The van der Waals surface area contributed by atoms with Crippen LogP contribution in [0.3, 0.4) is 0 Å². The van der Waals surface area contributed by atoms with Crippen LogP contribution < -0.4 is 0 Å². The van der Waals surface area contributed by atoms with Gasteiger partial charge in [-0.3, -0.25) is 0 Å². The van der Waals surface area contributed by atoms with Crippen LogP contribution in [0.2, 0.25) is 0 Å². The van der Waals surface area contributed by atoms with Gasteiger partial charge in [0.1, 0.15) is 16.4 Å². The number of rotatable bonds is 0. The van der Waals surface area contributed by atoms with Gasteiger partial charge in [-0.2, -0.15) is 22.2 Å². The topological polar surface area (TPSA) is 9.23 Å². The van der Waals surface area contributed by atoms with Crippen molar-refractivity contribution in [3.05, 3.63) is 0 Å². The first kappa shape index (κ1) is 7.51. The lowest BCUT2D eigenvalue weighted by molar-refractivity contribution is 0.420. The zero-order valence-electron chi connectivity index (χ0n) is 4.44. The third-order valence-corrected chi connectivity index (χ3v) is 47.3. The summed E-state index contributed by atoms with van der Waals surface area (Å²) >= 11 is 12.0. The van der Waals surface area contributed by atoms with Crippen LogP contribution in [0.4, 0.5) is 0 Å². The summed E-state index contributed by atoms with van der Waals surface area (Å²) in [6, 6.07) is 0. The Kier molecular flexibility index (Phi) is 3.33. The van der Waals surface area contributed by atoms with E-state index in [0.29, 0.717) is 0 Å². The van der Waals surface area contributed by atoms with E-state index in [9.17, 15) is 0 Å². The summed E-state index contributed by atoms with van der Waals surface area (Å²) in [5.41, 5.74) is 0. The lowest BCUT2D eigenvalue weighted by Gasteiger charge is -2.17. The van der Waals surface area contributed by atoms with E-state index in [1.807, 2.05) is 0 Å². The Labute approximate surface area is 65.5 Å². The summed E-state index contributed by atoms with van der Waals surface area (Å²) in [6.07, 6.45) is 0.904. The molecule has 2 unspecified atom stereocenters. The van der Waals surface area contributed by atoms with E-state index in [-0.39, 0.29) is 17.8 Å². The van der Waals surface area contributed by atoms with Crippen LogP contribution in [0.5, 0.6) is 0 Å². The Balaban J connectivity index is 2.28. The average Bonchev–Trinajstić information content (AvgIpc) is 1.77. The molecule has 0 spiro atoms. The lowest BCUT2D eigenvalue weighted by Crippen LogP contribution is -2.45. The summed E-state index contributed by atoms with van der Waals surface area (Å²) in [5, 5.41) is 0. The van der Waals surface area contributed by atoms with Gasteiger partial charge in [0, 0.05) is 14.8 Å². The van der Waals surface area contributed by atoms with E-state index in [2.05, 4.69) is 0 Å². The second-order valence-corrected chi connectivity index (χ2v) is 31.6. The molecule has 0 aromatic carbocycles. The van der Waals surface area contributed by atoms with E-state index in [4.69, 9.17) is 26.6 Å². The summed E-state index contributed by atoms with van der Waals surface area (Å²) in [6.45, 7) is 0. The SMILES string of the molecule is Cl[SiH]1CO[SiH2][SiH2][SiH]1Cl. The van der Waals surface area contributed by atoms with Crippen molar-refractivity contribution >= 4 is 54.8 Å². The molecule has 7 heteroatoms. The Hall–Kier alpha value is 1.41. The summed E-state index contributed by atoms with van der Waals surface area (Å²) in [5.74, 6) is 0. The first-order valence-corrected chi connectivity index (χ1v) is 17.5. The highest BCUT2D eigenvalue weighted by Gasteiger charge is 2.25. The zero-order chi connectivity index (χ0) is 5.98. The fourth-order valence-electron chi connectivity index (χ4n) is 0.677. The van der Waals surface area contributed by atoms with Gasteiger partial charge in [-0.15, -0.1) is 0 Å². The minimum Gasteiger partial charge on any atom is -0.430 e. The van der Waals surface area contributed by atoms with Gasteiger partial charge in [0.25, 0.3) is 0 Å². The van der Waals surface area contributed by atoms with Crippen LogP contribution in [-0.4, -0.2) is 38.8 Å². The Morgan fingerprint density at radius 2 is 2.25 bits per heavy atom. The second kappa shape index (κ2) is 3.55. The van der Waals surface area contributed by atoms with E-state index in [1.54, 1.807) is 0 Å². The average molecular weight is 219 g/mol. The lowest BCUT2D eigenvalue weighted by atomic mass is 11.7. The third-order valence-electron chi connectivity index (χ3n) is 1.21. The van der Waals surface area contributed by atoms with Gasteiger partial charge in [-0.1, -0.05) is 0 Å². The van der Waals surface area contributed by atoms with Crippen molar-refractivity contribution in [2.24, 2.45) is 0 Å². The monoisotopic (exact) mass is 218 g/mol. The van der Waals surface area contributed by atoms with E-state index >= 15 is 0 Å². The van der Waals surface area contributed by atoms with Crippen molar-refractivity contribution in [1.82, 2.24) is 0 Å². The largest absolute Gasteiger partial charge is 0.430 e. The molecule has 1 saturated heterocycles. The number of hydrogen-bond donors (Lipinski definition) is 0. The van der Waals surface area contributed by atoms with E-state index in [0.717, 1.165) is 6.23 Å². The molecule has 1 aliphatic rings. The van der Waals surface area contributed by atoms with Gasteiger partial charge in [-0.05, 0) is 0 Å². The maximum absolute atomic E-state index is 6.05. The Morgan fingerprint density at radius 3 is 2.62 bits per heavy atom. The molecule has 0 aromatic heterocycles. The molecule has 0 radical (unpaired) electrons. The molecule has 0 bridgehead atoms. The van der Waals surface area contributed by atoms with Crippen molar-refractivity contribution < 1.29 is 4.43 Å². The smallest absolute Gasteiger partial charge is 0.168 e. The van der Waals surface area contributed by atoms with Crippen LogP contribution >= 0.6 is 22.2 Å². The van der Waals surface area contributed by atoms with Gasteiger partial charge < -0.3 is 4.43 Å². The molecule has 1 rings (SSSR count). The van der Waals surface area contributed by atoms with Crippen molar-refractivity contribution in [3.8, 4) is 0 Å². The zero-order valence-corrected chi connectivity index (χ0v) is 11.1. The Morgan fingerprint density at radius 1 is 1.50 bits per heavy atom. The van der Waals surface area contributed by atoms with Crippen molar-refractivity contribution in [3.63, 3.8) is 0 Å². The van der Waals surface area contributed by atoms with Gasteiger partial charge in [0.15, 0.2) is 7.62 Å². The number of hydrogen-bond acceptors (Lipinski definition) is 1. The maximum Gasteiger partial charge on any atom is 0.168 e. The normalized spacial score (nSPS) is 45.8. The van der Waals surface area contributed by atoms with Gasteiger partial charge in [-0.25, -0.2) is 0 Å². The number of halogens is 2. The van der Waals surface area contributed by atoms with Crippen molar-refractivity contribution in [2.75, 3.05) is 6.23 Å². The molecule has 0 N–H and O–H groups in total. The fraction of sp³-hybridized carbons (Fsp3) is 1.00. The summed E-state index contributed by atoms with van der Waals surface area (Å²) < 4.78 is 5.33. The van der Waals surface area contributed by atoms with Crippen molar-refractivity contribution in [2.45, 2.75) is 0 Å². The predicted molar refractivity (Wildman–Crippen MR) is 49.0 cm³/mol. The van der Waals surface area contributed by atoms with E-state index in [1.165, 1.54) is 0 Å². The molecule has 0 amide bonds. The van der Waals surface area contributed by atoms with Crippen LogP contribution in [-0.2, 0) is 4.43 Å². The third kappa shape index (κ3) is 1.98. The molecule has 1 nitrogen and oxygen atoms in total. The van der Waals surface area contributed by atoms with Gasteiger partial charge in [0.2, 0.25) is 0 Å². The molecular weight excluding hydrogens is 211 g/mol. The van der Waals surface area contributed by atoms with Crippen LogP contribution in [0.1, 0.15) is 0 Å². The molecule has 1 heterocycles. The van der Waals surface area contributed by atoms with Crippen LogP contribution in [0, 0.1) is 0 Å². The summed E-state index contributed by atoms with van der Waals surface area (Å²) in [4.78, 5) is 0. The maximum atomic E-state index is 6.05. The molecule has 0 aliphatic carbocycles. The van der Waals surface area contributed by atoms with Crippen LogP contribution in [0.25, 0.3) is 0 Å². The molecule has 1 aliphatic heterocycles. The fourth-order valence-corrected chi connectivity index (χ4v) is 44.3.